The van der Waals surface area contributed by atoms with Crippen LogP contribution >= 0.6 is 23.5 Å². The van der Waals surface area contributed by atoms with Gasteiger partial charge in [0.2, 0.25) is 0 Å². The normalized spacial score (nSPS) is 10.3. The van der Waals surface area contributed by atoms with E-state index in [1.165, 1.54) is 26.0 Å². The Labute approximate surface area is 253 Å². The zero-order valence-corrected chi connectivity index (χ0v) is 25.4. The number of benzene rings is 4. The summed E-state index contributed by atoms with van der Waals surface area (Å²) in [6, 6.07) is 25.7. The predicted octanol–water partition coefficient (Wildman–Crippen LogP) is 7.64. The third kappa shape index (κ3) is 8.86. The number of methoxy groups -OCH3 is 2. The number of esters is 2. The predicted molar refractivity (Wildman–Crippen MR) is 168 cm³/mol. The Morgan fingerprint density at radius 3 is 1.67 bits per heavy atom. The summed E-state index contributed by atoms with van der Waals surface area (Å²) < 4.78 is 9.55. The van der Waals surface area contributed by atoms with Crippen molar-refractivity contribution in [3.8, 4) is 0 Å². The van der Waals surface area contributed by atoms with Crippen LogP contribution in [0.15, 0.2) is 94.7 Å². The van der Waals surface area contributed by atoms with Gasteiger partial charge in [0.05, 0.1) is 35.2 Å². The van der Waals surface area contributed by atoms with E-state index in [9.17, 15) is 19.7 Å². The Bertz CT molecular complexity index is 1570. The zero-order chi connectivity index (χ0) is 30.6. The second-order valence-corrected chi connectivity index (χ2v) is 11.2. The first kappa shape index (κ1) is 32.2. The number of nitrogens with two attached hydrogens (primary N) is 1. The smallest absolute Gasteiger partial charge is 0.338 e. The van der Waals surface area contributed by atoms with Gasteiger partial charge in [0.15, 0.2) is 0 Å². The van der Waals surface area contributed by atoms with Crippen LogP contribution < -0.4 is 5.73 Å². The molecular formula is C32H32N2O6S2. The van der Waals surface area contributed by atoms with Gasteiger partial charge in [-0.1, -0.05) is 48.5 Å². The first-order valence-corrected chi connectivity index (χ1v) is 14.8. The molecule has 4 aromatic rings. The van der Waals surface area contributed by atoms with E-state index in [2.05, 4.69) is 0 Å². The van der Waals surface area contributed by atoms with Crippen LogP contribution in [0.4, 0.5) is 11.4 Å². The summed E-state index contributed by atoms with van der Waals surface area (Å²) in [5, 5.41) is 11.1. The molecule has 0 heterocycles. The molecule has 0 aromatic heterocycles. The third-order valence-corrected chi connectivity index (χ3v) is 8.34. The van der Waals surface area contributed by atoms with E-state index in [4.69, 9.17) is 15.2 Å². The molecule has 42 heavy (non-hydrogen) atoms. The fourth-order valence-electron chi connectivity index (χ4n) is 3.91. The lowest BCUT2D eigenvalue weighted by Crippen LogP contribution is -2.04. The van der Waals surface area contributed by atoms with Crippen molar-refractivity contribution in [2.45, 2.75) is 35.1 Å². The Balaban J connectivity index is 0.000000231. The summed E-state index contributed by atoms with van der Waals surface area (Å²) in [5.74, 6) is 0.418. The third-order valence-electron chi connectivity index (χ3n) is 6.09. The van der Waals surface area contributed by atoms with Crippen molar-refractivity contribution in [1.82, 2.24) is 0 Å². The molecule has 2 N–H and O–H groups in total. The fourth-order valence-corrected chi connectivity index (χ4v) is 5.87. The highest BCUT2D eigenvalue weighted by Crippen LogP contribution is 2.33. The Hall–Kier alpha value is -4.28. The number of carbonyl (C=O) groups excluding carboxylic acids is 2. The van der Waals surface area contributed by atoms with Gasteiger partial charge < -0.3 is 15.2 Å². The van der Waals surface area contributed by atoms with E-state index in [1.807, 2.05) is 68.4 Å². The number of ether oxygens (including phenoxy) is 2. The van der Waals surface area contributed by atoms with Crippen molar-refractivity contribution in [3.05, 3.63) is 128 Å². The molecule has 0 saturated heterocycles. The van der Waals surface area contributed by atoms with Crippen LogP contribution in [0.25, 0.3) is 0 Å². The van der Waals surface area contributed by atoms with Gasteiger partial charge in [0.25, 0.3) is 5.69 Å². The van der Waals surface area contributed by atoms with E-state index in [0.29, 0.717) is 27.5 Å². The molecule has 0 amide bonds. The van der Waals surface area contributed by atoms with Crippen LogP contribution in [0.2, 0.25) is 0 Å². The van der Waals surface area contributed by atoms with Crippen LogP contribution in [0.5, 0.6) is 0 Å². The summed E-state index contributed by atoms with van der Waals surface area (Å²) in [4.78, 5) is 35.8. The number of nitro benzene ring substituents is 1. The van der Waals surface area contributed by atoms with Crippen molar-refractivity contribution in [1.29, 1.82) is 0 Å². The van der Waals surface area contributed by atoms with Crippen molar-refractivity contribution in [3.63, 3.8) is 0 Å². The van der Waals surface area contributed by atoms with Crippen LogP contribution in [-0.4, -0.2) is 31.1 Å². The first-order chi connectivity index (χ1) is 20.1. The van der Waals surface area contributed by atoms with Gasteiger partial charge in [0, 0.05) is 28.2 Å². The molecule has 0 saturated carbocycles. The van der Waals surface area contributed by atoms with Crippen molar-refractivity contribution < 1.29 is 24.0 Å². The van der Waals surface area contributed by atoms with Gasteiger partial charge in [-0.2, -0.15) is 0 Å². The van der Waals surface area contributed by atoms with Gasteiger partial charge in [-0.05, 0) is 66.4 Å². The molecule has 4 rings (SSSR count). The van der Waals surface area contributed by atoms with Crippen molar-refractivity contribution in [2.24, 2.45) is 0 Å². The molecule has 0 spiro atoms. The largest absolute Gasteiger partial charge is 0.465 e. The second kappa shape index (κ2) is 15.6. The zero-order valence-electron chi connectivity index (χ0n) is 23.8. The molecular weight excluding hydrogens is 572 g/mol. The Kier molecular flexibility index (Phi) is 12.0. The van der Waals surface area contributed by atoms with Gasteiger partial charge in [-0.25, -0.2) is 9.59 Å². The van der Waals surface area contributed by atoms with Gasteiger partial charge >= 0.3 is 11.9 Å². The number of rotatable bonds is 9. The maximum atomic E-state index is 11.7. The number of carbonyl (C=O) groups is 2. The molecule has 0 fully saturated rings. The molecule has 4 aromatic carbocycles. The van der Waals surface area contributed by atoms with Crippen molar-refractivity contribution in [2.75, 3.05) is 20.0 Å². The minimum atomic E-state index is -0.408. The lowest BCUT2D eigenvalue weighted by atomic mass is 10.1. The number of hydrogen-bond donors (Lipinski definition) is 1. The summed E-state index contributed by atoms with van der Waals surface area (Å²) in [7, 11) is 2.72. The number of nitro groups is 1. The van der Waals surface area contributed by atoms with E-state index in [0.717, 1.165) is 32.8 Å². The maximum absolute atomic E-state index is 11.7. The maximum Gasteiger partial charge on any atom is 0.338 e. The van der Waals surface area contributed by atoms with E-state index in [-0.39, 0.29) is 16.6 Å². The topological polar surface area (TPSA) is 122 Å². The standard InChI is InChI=1S/C16H15NO4S.C16H17NO2S/c1-11-7-8-15(14(9-11)17(19)20)22-10-12-5-3-4-6-13(12)16(18)21-2;1-11-7-8-15(14(17)9-11)20-10-12-5-3-4-6-13(12)16(18)19-2/h3-9H,10H2,1-2H3;3-9H,10,17H2,1-2H3. The molecule has 0 atom stereocenters. The number of anilines is 1. The number of aryl methyl sites for hydroxylation is 2. The first-order valence-electron chi connectivity index (χ1n) is 12.8. The molecule has 218 valence electrons. The Morgan fingerprint density at radius 2 is 1.19 bits per heavy atom. The number of hydrogen-bond acceptors (Lipinski definition) is 9. The van der Waals surface area contributed by atoms with Gasteiger partial charge in [0.1, 0.15) is 0 Å². The molecule has 0 aliphatic rings. The van der Waals surface area contributed by atoms with E-state index < -0.39 is 5.97 Å². The minimum absolute atomic E-state index is 0.0838. The Morgan fingerprint density at radius 1 is 0.738 bits per heavy atom. The fraction of sp³-hybridized carbons (Fsp3) is 0.188. The van der Waals surface area contributed by atoms with E-state index >= 15 is 0 Å². The van der Waals surface area contributed by atoms with Crippen molar-refractivity contribution >= 4 is 46.8 Å². The van der Waals surface area contributed by atoms with Crippen LogP contribution in [-0.2, 0) is 21.0 Å². The lowest BCUT2D eigenvalue weighted by molar-refractivity contribution is -0.387. The highest BCUT2D eigenvalue weighted by atomic mass is 32.2. The molecule has 0 radical (unpaired) electrons. The summed E-state index contributed by atoms with van der Waals surface area (Å²) in [6.45, 7) is 3.82. The minimum Gasteiger partial charge on any atom is -0.465 e. The number of nitrogens with zero attached hydrogens (tertiary/aromatic N) is 1. The summed E-state index contributed by atoms with van der Waals surface area (Å²) in [5.41, 5.74) is 11.6. The highest BCUT2D eigenvalue weighted by Gasteiger charge is 2.17. The van der Waals surface area contributed by atoms with Crippen LogP contribution in [0.1, 0.15) is 43.0 Å². The van der Waals surface area contributed by atoms with Gasteiger partial charge in [-0.3, -0.25) is 10.1 Å². The SMILES string of the molecule is COC(=O)c1ccccc1CSc1ccc(C)cc1N.COC(=O)c1ccccc1CSc1ccc(C)cc1[N+](=O)[O-]. The molecule has 10 heteroatoms. The number of nitrogen functional groups attached to an aromatic ring is 1. The average molecular weight is 605 g/mol. The van der Waals surface area contributed by atoms with Crippen LogP contribution in [0.3, 0.4) is 0 Å². The monoisotopic (exact) mass is 604 g/mol. The molecule has 0 unspecified atom stereocenters. The molecule has 0 bridgehead atoms. The molecule has 0 aliphatic heterocycles. The average Bonchev–Trinajstić information content (AvgIpc) is 2.99. The molecule has 0 aliphatic carbocycles. The molecule has 8 nitrogen and oxygen atoms in total. The summed E-state index contributed by atoms with van der Waals surface area (Å²) in [6.07, 6.45) is 0. The number of thioether (sulfide) groups is 2. The second-order valence-electron chi connectivity index (χ2n) is 9.14. The van der Waals surface area contributed by atoms with Gasteiger partial charge in [-0.15, -0.1) is 23.5 Å². The van der Waals surface area contributed by atoms with E-state index in [1.54, 1.807) is 42.1 Å². The lowest BCUT2D eigenvalue weighted by Gasteiger charge is -2.09. The quantitative estimate of drug-likeness (QED) is 0.0675. The highest BCUT2D eigenvalue weighted by molar-refractivity contribution is 7.99. The summed E-state index contributed by atoms with van der Waals surface area (Å²) >= 11 is 2.95. The van der Waals surface area contributed by atoms with Crippen LogP contribution in [0, 0.1) is 24.0 Å².